The number of aliphatic hydroxyl groups excluding tert-OH is 1. The number of carbonyl (C=O) groups is 3. The first-order valence-corrected chi connectivity index (χ1v) is 6.20. The van der Waals surface area contributed by atoms with Crippen LogP contribution < -0.4 is 16.0 Å². The van der Waals surface area contributed by atoms with E-state index in [4.69, 9.17) is 5.11 Å². The van der Waals surface area contributed by atoms with Gasteiger partial charge in [0.25, 0.3) is 0 Å². The Kier molecular flexibility index (Phi) is 6.15. The molecule has 0 saturated carbocycles. The average Bonchev–Trinajstić information content (AvgIpc) is 2.43. The van der Waals surface area contributed by atoms with E-state index in [9.17, 15) is 19.5 Å². The van der Waals surface area contributed by atoms with E-state index in [2.05, 4.69) is 16.0 Å². The van der Waals surface area contributed by atoms with Gasteiger partial charge in [-0.05, 0) is 19.1 Å². The summed E-state index contributed by atoms with van der Waals surface area (Å²) in [5.74, 6) is -2.07. The van der Waals surface area contributed by atoms with Crippen molar-refractivity contribution in [2.24, 2.45) is 0 Å². The molecule has 0 saturated heterocycles. The maximum Gasteiger partial charge on any atom is 0.328 e. The first-order chi connectivity index (χ1) is 9.90. The number of urea groups is 1. The van der Waals surface area contributed by atoms with Gasteiger partial charge in [-0.2, -0.15) is 0 Å². The van der Waals surface area contributed by atoms with Crippen molar-refractivity contribution in [2.75, 3.05) is 11.9 Å². The molecule has 0 aliphatic heterocycles. The van der Waals surface area contributed by atoms with Gasteiger partial charge in [0, 0.05) is 5.69 Å². The maximum atomic E-state index is 11.5. The maximum absolute atomic E-state index is 11.5. The zero-order valence-electron chi connectivity index (χ0n) is 11.4. The number of carboxylic acid groups (broad SMARTS) is 1. The topological polar surface area (TPSA) is 128 Å². The second kappa shape index (κ2) is 7.85. The predicted octanol–water partition coefficient (Wildman–Crippen LogP) is -0.242. The van der Waals surface area contributed by atoms with Crippen LogP contribution in [0.4, 0.5) is 10.5 Å². The summed E-state index contributed by atoms with van der Waals surface area (Å²) >= 11 is 0. The Morgan fingerprint density at radius 1 is 1.19 bits per heavy atom. The quantitative estimate of drug-likeness (QED) is 0.495. The van der Waals surface area contributed by atoms with E-state index in [1.807, 2.05) is 0 Å². The number of carbonyl (C=O) groups excluding carboxylic acids is 2. The average molecular weight is 295 g/mol. The van der Waals surface area contributed by atoms with Crippen LogP contribution in [0.3, 0.4) is 0 Å². The Bertz CT molecular complexity index is 504. The van der Waals surface area contributed by atoms with Gasteiger partial charge in [0.05, 0.1) is 12.6 Å². The number of nitrogens with one attached hydrogen (secondary N) is 3. The molecular formula is C13H17N3O5. The lowest BCUT2D eigenvalue weighted by Crippen LogP contribution is -2.50. The summed E-state index contributed by atoms with van der Waals surface area (Å²) in [6.45, 7) is 0.837. The van der Waals surface area contributed by atoms with Crippen LogP contribution in [-0.4, -0.2) is 46.8 Å². The number of hydrogen-bond donors (Lipinski definition) is 5. The second-order valence-corrected chi connectivity index (χ2v) is 4.30. The van der Waals surface area contributed by atoms with Crippen molar-refractivity contribution in [3.63, 3.8) is 0 Å². The van der Waals surface area contributed by atoms with Crippen molar-refractivity contribution >= 4 is 23.6 Å². The zero-order valence-corrected chi connectivity index (χ0v) is 11.4. The van der Waals surface area contributed by atoms with E-state index in [0.29, 0.717) is 5.69 Å². The number of benzene rings is 1. The van der Waals surface area contributed by atoms with Crippen LogP contribution in [0, 0.1) is 0 Å². The number of para-hydroxylation sites is 1. The summed E-state index contributed by atoms with van der Waals surface area (Å²) < 4.78 is 0. The van der Waals surface area contributed by atoms with Gasteiger partial charge in [-0.1, -0.05) is 18.2 Å². The number of aliphatic carboxylic acids is 1. The molecule has 0 aromatic heterocycles. The monoisotopic (exact) mass is 295 g/mol. The molecule has 0 aliphatic carbocycles. The van der Waals surface area contributed by atoms with Crippen LogP contribution in [0.15, 0.2) is 30.3 Å². The van der Waals surface area contributed by atoms with Crippen LogP contribution >= 0.6 is 0 Å². The molecule has 8 nitrogen and oxygen atoms in total. The Labute approximate surface area is 121 Å². The number of anilines is 1. The van der Waals surface area contributed by atoms with Gasteiger partial charge in [0.2, 0.25) is 5.91 Å². The molecule has 0 heterocycles. The minimum Gasteiger partial charge on any atom is -0.480 e. The first kappa shape index (κ1) is 16.4. The van der Waals surface area contributed by atoms with Gasteiger partial charge in [-0.25, -0.2) is 9.59 Å². The number of rotatable bonds is 6. The largest absolute Gasteiger partial charge is 0.480 e. The van der Waals surface area contributed by atoms with E-state index in [0.717, 1.165) is 0 Å². The van der Waals surface area contributed by atoms with Crippen molar-refractivity contribution < 1.29 is 24.6 Å². The van der Waals surface area contributed by atoms with Crippen LogP contribution in [0.2, 0.25) is 0 Å². The van der Waals surface area contributed by atoms with Crippen LogP contribution in [0.25, 0.3) is 0 Å². The predicted molar refractivity (Wildman–Crippen MR) is 74.7 cm³/mol. The van der Waals surface area contributed by atoms with E-state index < -0.39 is 36.6 Å². The molecule has 8 heteroatoms. The molecule has 21 heavy (non-hydrogen) atoms. The molecule has 0 fully saturated rings. The van der Waals surface area contributed by atoms with E-state index in [1.165, 1.54) is 6.92 Å². The molecule has 0 bridgehead atoms. The minimum atomic E-state index is -1.42. The van der Waals surface area contributed by atoms with Gasteiger partial charge in [0.1, 0.15) is 0 Å². The Hall–Kier alpha value is -2.61. The number of carboxylic acids is 1. The molecule has 0 spiro atoms. The lowest BCUT2D eigenvalue weighted by molar-refractivity contribution is -0.144. The Balaban J connectivity index is 2.39. The summed E-state index contributed by atoms with van der Waals surface area (Å²) in [6.07, 6.45) is -1.25. The summed E-state index contributed by atoms with van der Waals surface area (Å²) in [6, 6.07) is 6.60. The van der Waals surface area contributed by atoms with Crippen molar-refractivity contribution in [2.45, 2.75) is 19.1 Å². The Morgan fingerprint density at radius 2 is 1.81 bits per heavy atom. The molecule has 2 atom stereocenters. The van der Waals surface area contributed by atoms with Crippen LogP contribution in [-0.2, 0) is 9.59 Å². The highest BCUT2D eigenvalue weighted by molar-refractivity contribution is 5.93. The fourth-order valence-corrected chi connectivity index (χ4v) is 1.47. The molecule has 1 aromatic carbocycles. The van der Waals surface area contributed by atoms with E-state index in [1.54, 1.807) is 30.3 Å². The summed E-state index contributed by atoms with van der Waals surface area (Å²) in [5, 5.41) is 24.9. The van der Waals surface area contributed by atoms with Crippen molar-refractivity contribution in [1.29, 1.82) is 0 Å². The van der Waals surface area contributed by atoms with Crippen molar-refractivity contribution in [3.8, 4) is 0 Å². The van der Waals surface area contributed by atoms with Crippen molar-refractivity contribution in [3.05, 3.63) is 30.3 Å². The molecule has 1 aromatic rings. The second-order valence-electron chi connectivity index (χ2n) is 4.30. The number of aliphatic hydroxyl groups is 1. The lowest BCUT2D eigenvalue weighted by atomic mass is 10.2. The lowest BCUT2D eigenvalue weighted by Gasteiger charge is -2.17. The van der Waals surface area contributed by atoms with Crippen LogP contribution in [0.5, 0.6) is 0 Å². The fraction of sp³-hybridized carbons (Fsp3) is 0.308. The Morgan fingerprint density at radius 3 is 2.33 bits per heavy atom. The highest BCUT2D eigenvalue weighted by Crippen LogP contribution is 2.03. The normalized spacial score (nSPS) is 12.9. The molecule has 0 aliphatic rings. The molecule has 3 amide bonds. The van der Waals surface area contributed by atoms with Crippen LogP contribution in [0.1, 0.15) is 6.92 Å². The molecule has 0 radical (unpaired) electrons. The van der Waals surface area contributed by atoms with Gasteiger partial charge in [0.15, 0.2) is 6.04 Å². The van der Waals surface area contributed by atoms with E-state index in [-0.39, 0.29) is 0 Å². The fourth-order valence-electron chi connectivity index (χ4n) is 1.47. The van der Waals surface area contributed by atoms with Gasteiger partial charge < -0.3 is 26.2 Å². The third-order valence-corrected chi connectivity index (χ3v) is 2.51. The minimum absolute atomic E-state index is 0.408. The first-order valence-electron chi connectivity index (χ1n) is 6.20. The summed E-state index contributed by atoms with van der Waals surface area (Å²) in [7, 11) is 0. The molecule has 5 N–H and O–H groups in total. The van der Waals surface area contributed by atoms with E-state index >= 15 is 0 Å². The SMILES string of the molecule is C[C@@H](O)[C@H](NC(=O)CNC(=O)Nc1ccccc1)C(=O)O. The third kappa shape index (κ3) is 5.91. The van der Waals surface area contributed by atoms with Crippen molar-refractivity contribution in [1.82, 2.24) is 10.6 Å². The summed E-state index contributed by atoms with van der Waals surface area (Å²) in [5.41, 5.74) is 0.558. The molecule has 0 unspecified atom stereocenters. The number of hydrogen-bond acceptors (Lipinski definition) is 4. The van der Waals surface area contributed by atoms with Gasteiger partial charge in [-0.15, -0.1) is 0 Å². The van der Waals surface area contributed by atoms with Gasteiger partial charge in [-0.3, -0.25) is 4.79 Å². The highest BCUT2D eigenvalue weighted by atomic mass is 16.4. The standard InChI is InChI=1S/C13H17N3O5/c1-8(17)11(12(19)20)16-10(18)7-14-13(21)15-9-5-3-2-4-6-9/h2-6,8,11,17H,7H2,1H3,(H,16,18)(H,19,20)(H2,14,15,21)/t8-,11+/m1/s1. The molecular weight excluding hydrogens is 278 g/mol. The smallest absolute Gasteiger partial charge is 0.328 e. The summed E-state index contributed by atoms with van der Waals surface area (Å²) in [4.78, 5) is 33.8. The molecule has 1 rings (SSSR count). The number of amides is 3. The highest BCUT2D eigenvalue weighted by Gasteiger charge is 2.24. The third-order valence-electron chi connectivity index (χ3n) is 2.51. The van der Waals surface area contributed by atoms with Gasteiger partial charge >= 0.3 is 12.0 Å². The molecule has 114 valence electrons. The zero-order chi connectivity index (χ0) is 15.8.